The lowest BCUT2D eigenvalue weighted by Crippen LogP contribution is -2.15. The summed E-state index contributed by atoms with van der Waals surface area (Å²) in [6.07, 6.45) is 1.57. The molecule has 0 aliphatic carbocycles. The van der Waals surface area contributed by atoms with Gasteiger partial charge in [0.2, 0.25) is 0 Å². The van der Waals surface area contributed by atoms with E-state index >= 15 is 0 Å². The molecule has 2 amide bonds. The van der Waals surface area contributed by atoms with Crippen molar-refractivity contribution in [1.29, 1.82) is 0 Å². The predicted octanol–water partition coefficient (Wildman–Crippen LogP) is 0.337. The molecule has 1 heterocycles. The zero-order chi connectivity index (χ0) is 5.98. The number of hydrogen-bond donors (Lipinski definition) is 1. The van der Waals surface area contributed by atoms with Crippen molar-refractivity contribution in [1.82, 2.24) is 5.32 Å². The van der Waals surface area contributed by atoms with Crippen molar-refractivity contribution in [3.8, 4) is 0 Å². The first kappa shape index (κ1) is 5.03. The minimum absolute atomic E-state index is 0.264. The molecule has 0 saturated carbocycles. The lowest BCUT2D eigenvalue weighted by molar-refractivity contribution is 0.252. The predicted molar refractivity (Wildman–Crippen MR) is 31.0 cm³/mol. The fourth-order valence-electron chi connectivity index (χ4n) is 0.493. The van der Waals surface area contributed by atoms with Crippen molar-refractivity contribution in [2.75, 3.05) is 6.54 Å². The molecule has 0 bridgehead atoms. The maximum atomic E-state index is 10.3. The third-order valence-electron chi connectivity index (χ3n) is 0.902. The van der Waals surface area contributed by atoms with Gasteiger partial charge in [-0.1, -0.05) is 6.58 Å². The minimum atomic E-state index is -0.264. The van der Waals surface area contributed by atoms with Gasteiger partial charge in [0.05, 0.1) is 12.3 Å². The Morgan fingerprint density at radius 1 is 1.88 bits per heavy atom. The fraction of sp³-hybridized carbons (Fsp3) is 0.200. The van der Waals surface area contributed by atoms with Crippen molar-refractivity contribution in [2.24, 2.45) is 4.99 Å². The highest BCUT2D eigenvalue weighted by atomic mass is 16.2. The number of amides is 2. The lowest BCUT2D eigenvalue weighted by atomic mass is 10.4. The molecule has 1 aliphatic rings. The molecule has 0 aromatic heterocycles. The van der Waals surface area contributed by atoms with Gasteiger partial charge in [0.15, 0.2) is 0 Å². The van der Waals surface area contributed by atoms with E-state index in [-0.39, 0.29) is 6.03 Å². The summed E-state index contributed by atoms with van der Waals surface area (Å²) in [6.45, 7) is 3.98. The van der Waals surface area contributed by atoms with Crippen LogP contribution in [0.2, 0.25) is 0 Å². The molecule has 42 valence electrons. The van der Waals surface area contributed by atoms with Gasteiger partial charge in [-0.05, 0) is 6.08 Å². The Bertz CT molecular complexity index is 160. The fourth-order valence-corrected chi connectivity index (χ4v) is 0.493. The monoisotopic (exact) mass is 110 g/mol. The number of nitrogens with one attached hydrogen (secondary N) is 1. The van der Waals surface area contributed by atoms with Gasteiger partial charge in [0, 0.05) is 0 Å². The first-order chi connectivity index (χ1) is 3.83. The summed E-state index contributed by atoms with van der Waals surface area (Å²) in [5, 5.41) is 2.51. The molecule has 8 heavy (non-hydrogen) atoms. The summed E-state index contributed by atoms with van der Waals surface area (Å²) >= 11 is 0. The van der Waals surface area contributed by atoms with E-state index < -0.39 is 0 Å². The summed E-state index contributed by atoms with van der Waals surface area (Å²) in [7, 11) is 0. The van der Waals surface area contributed by atoms with Crippen LogP contribution < -0.4 is 5.32 Å². The molecule has 1 N–H and O–H groups in total. The Hall–Kier alpha value is -1.12. The highest BCUT2D eigenvalue weighted by Gasteiger charge is 2.07. The Morgan fingerprint density at radius 2 is 2.62 bits per heavy atom. The van der Waals surface area contributed by atoms with Crippen molar-refractivity contribution in [2.45, 2.75) is 0 Å². The van der Waals surface area contributed by atoms with Crippen LogP contribution in [-0.4, -0.2) is 18.3 Å². The van der Waals surface area contributed by atoms with Gasteiger partial charge in [-0.25, -0.2) is 4.79 Å². The Balaban J connectivity index is 2.70. The number of carbonyl (C=O) groups is 1. The van der Waals surface area contributed by atoms with Crippen LogP contribution in [0.25, 0.3) is 0 Å². The van der Waals surface area contributed by atoms with E-state index in [1.54, 1.807) is 6.08 Å². The molecule has 0 spiro atoms. The average molecular weight is 110 g/mol. The molecular weight excluding hydrogens is 104 g/mol. The first-order valence-electron chi connectivity index (χ1n) is 2.31. The average Bonchev–Trinajstić information content (AvgIpc) is 2.14. The second kappa shape index (κ2) is 1.78. The number of urea groups is 1. The molecule has 3 heteroatoms. The Labute approximate surface area is 47.1 Å². The summed E-state index contributed by atoms with van der Waals surface area (Å²) < 4.78 is 0. The summed E-state index contributed by atoms with van der Waals surface area (Å²) in [5.41, 5.74) is 0.718. The van der Waals surface area contributed by atoms with Gasteiger partial charge in [0.1, 0.15) is 0 Å². The molecule has 0 unspecified atom stereocenters. The van der Waals surface area contributed by atoms with Crippen LogP contribution in [0.3, 0.4) is 0 Å². The topological polar surface area (TPSA) is 41.5 Å². The number of aliphatic imine (C=N–C) groups is 1. The van der Waals surface area contributed by atoms with Crippen LogP contribution in [0, 0.1) is 0 Å². The molecule has 0 aromatic rings. The van der Waals surface area contributed by atoms with Crippen molar-refractivity contribution >= 4 is 11.7 Å². The van der Waals surface area contributed by atoms with Gasteiger partial charge >= 0.3 is 6.03 Å². The quantitative estimate of drug-likeness (QED) is 0.519. The molecular formula is C5H6N2O. The van der Waals surface area contributed by atoms with E-state index in [4.69, 9.17) is 0 Å². The highest BCUT2D eigenvalue weighted by molar-refractivity contribution is 6.08. The Kier molecular flexibility index (Phi) is 1.12. The molecule has 3 nitrogen and oxygen atoms in total. The van der Waals surface area contributed by atoms with Gasteiger partial charge in [-0.3, -0.25) is 0 Å². The summed E-state index contributed by atoms with van der Waals surface area (Å²) in [4.78, 5) is 13.8. The molecule has 0 radical (unpaired) electrons. The normalized spacial score (nSPS) is 17.5. The van der Waals surface area contributed by atoms with Crippen molar-refractivity contribution in [3.05, 3.63) is 12.7 Å². The van der Waals surface area contributed by atoms with E-state index in [1.807, 2.05) is 0 Å². The van der Waals surface area contributed by atoms with E-state index in [0.29, 0.717) is 6.54 Å². The van der Waals surface area contributed by atoms with E-state index in [0.717, 1.165) is 5.71 Å². The zero-order valence-electron chi connectivity index (χ0n) is 4.35. The minimum Gasteiger partial charge on any atom is -0.331 e. The zero-order valence-corrected chi connectivity index (χ0v) is 4.35. The van der Waals surface area contributed by atoms with Gasteiger partial charge in [-0.15, -0.1) is 0 Å². The van der Waals surface area contributed by atoms with Gasteiger partial charge in [-0.2, -0.15) is 4.99 Å². The van der Waals surface area contributed by atoms with Gasteiger partial charge < -0.3 is 5.32 Å². The van der Waals surface area contributed by atoms with Crippen LogP contribution in [0.4, 0.5) is 4.79 Å². The summed E-state index contributed by atoms with van der Waals surface area (Å²) in [6, 6.07) is -0.264. The molecule has 0 saturated heterocycles. The second-order valence-corrected chi connectivity index (χ2v) is 1.47. The number of carbonyl (C=O) groups excluding carboxylic acids is 1. The third-order valence-corrected chi connectivity index (χ3v) is 0.902. The summed E-state index contributed by atoms with van der Waals surface area (Å²) in [5.74, 6) is 0. The highest BCUT2D eigenvalue weighted by Crippen LogP contribution is 1.88. The number of hydrogen-bond acceptors (Lipinski definition) is 1. The van der Waals surface area contributed by atoms with Crippen molar-refractivity contribution < 1.29 is 4.79 Å². The van der Waals surface area contributed by atoms with E-state index in [1.165, 1.54) is 0 Å². The van der Waals surface area contributed by atoms with Crippen LogP contribution >= 0.6 is 0 Å². The number of rotatable bonds is 1. The van der Waals surface area contributed by atoms with E-state index in [9.17, 15) is 4.79 Å². The SMILES string of the molecule is C=CC1=NC(=O)NC1. The van der Waals surface area contributed by atoms with Crippen LogP contribution in [0.15, 0.2) is 17.6 Å². The van der Waals surface area contributed by atoms with Crippen molar-refractivity contribution in [3.63, 3.8) is 0 Å². The second-order valence-electron chi connectivity index (χ2n) is 1.47. The first-order valence-corrected chi connectivity index (χ1v) is 2.31. The molecule has 0 fully saturated rings. The van der Waals surface area contributed by atoms with Crippen LogP contribution in [0.1, 0.15) is 0 Å². The number of nitrogens with zero attached hydrogens (tertiary/aromatic N) is 1. The smallest absolute Gasteiger partial charge is 0.331 e. The largest absolute Gasteiger partial charge is 0.341 e. The maximum Gasteiger partial charge on any atom is 0.341 e. The van der Waals surface area contributed by atoms with Gasteiger partial charge in [0.25, 0.3) is 0 Å². The maximum absolute atomic E-state index is 10.3. The molecule has 0 atom stereocenters. The molecule has 0 aromatic carbocycles. The van der Waals surface area contributed by atoms with E-state index in [2.05, 4.69) is 16.9 Å². The molecule has 1 aliphatic heterocycles. The Morgan fingerprint density at radius 3 is 2.88 bits per heavy atom. The van der Waals surface area contributed by atoms with Crippen LogP contribution in [-0.2, 0) is 0 Å². The lowest BCUT2D eigenvalue weighted by Gasteiger charge is -1.82. The third kappa shape index (κ3) is 0.753. The molecule has 1 rings (SSSR count). The standard InChI is InChI=1S/C5H6N2O/c1-2-4-3-6-5(8)7-4/h2H,1,3H2,(H,6,8). The van der Waals surface area contributed by atoms with Crippen LogP contribution in [0.5, 0.6) is 0 Å².